The second-order valence-corrected chi connectivity index (χ2v) is 7.05. The maximum absolute atomic E-state index is 12.2. The van der Waals surface area contributed by atoms with E-state index in [1.807, 2.05) is 36.4 Å². The Morgan fingerprint density at radius 1 is 1.06 bits per heavy atom. The van der Waals surface area contributed by atoms with Gasteiger partial charge in [0, 0.05) is 10.7 Å². The smallest absolute Gasteiger partial charge is 0.357 e. The number of rotatable bonds is 7. The number of hydrogen-bond donors (Lipinski definition) is 2. The molecule has 0 saturated heterocycles. The fourth-order valence-corrected chi connectivity index (χ4v) is 3.21. The Bertz CT molecular complexity index is 1050. The molecule has 0 radical (unpaired) electrons. The molecule has 0 aromatic heterocycles. The number of aliphatic hydroxyl groups excluding tert-OH is 1. The van der Waals surface area contributed by atoms with Gasteiger partial charge >= 0.3 is 11.9 Å². The Balaban J connectivity index is 2.02. The van der Waals surface area contributed by atoms with Crippen LogP contribution >= 0.6 is 11.6 Å². The first-order valence-corrected chi connectivity index (χ1v) is 9.75. The van der Waals surface area contributed by atoms with Gasteiger partial charge < -0.3 is 19.9 Å². The van der Waals surface area contributed by atoms with Crippen molar-refractivity contribution in [2.75, 3.05) is 19.5 Å². The van der Waals surface area contributed by atoms with Gasteiger partial charge in [-0.15, -0.1) is 0 Å². The zero-order chi connectivity index (χ0) is 22.4. The van der Waals surface area contributed by atoms with Crippen LogP contribution in [0.1, 0.15) is 5.56 Å². The lowest BCUT2D eigenvalue weighted by molar-refractivity contribution is -0.137. The van der Waals surface area contributed by atoms with Crippen LogP contribution in [0.2, 0.25) is 5.02 Å². The summed E-state index contributed by atoms with van der Waals surface area (Å²) in [4.78, 5) is 28.7. The highest BCUT2D eigenvalue weighted by Crippen LogP contribution is 2.27. The number of aliphatic imine (C=N–C) groups is 1. The van der Waals surface area contributed by atoms with Crippen molar-refractivity contribution in [1.29, 1.82) is 0 Å². The third-order valence-corrected chi connectivity index (χ3v) is 4.87. The highest BCUT2D eigenvalue weighted by Gasteiger charge is 2.40. The quantitative estimate of drug-likeness (QED) is 0.635. The van der Waals surface area contributed by atoms with Crippen molar-refractivity contribution in [3.8, 4) is 0 Å². The molecule has 2 N–H and O–H groups in total. The molecule has 160 valence electrons. The molecule has 2 atom stereocenters. The van der Waals surface area contributed by atoms with E-state index in [1.165, 1.54) is 7.11 Å². The molecule has 0 aliphatic carbocycles. The fraction of sp³-hybridized carbons (Fsp3) is 0.174. The van der Waals surface area contributed by atoms with E-state index in [4.69, 9.17) is 21.1 Å². The summed E-state index contributed by atoms with van der Waals surface area (Å²) in [7, 11) is 2.33. The average Bonchev–Trinajstić information content (AvgIpc) is 3.14. The minimum atomic E-state index is -0.959. The van der Waals surface area contributed by atoms with Crippen molar-refractivity contribution < 1.29 is 24.2 Å². The van der Waals surface area contributed by atoms with Gasteiger partial charge in [-0.3, -0.25) is 4.99 Å². The molecule has 8 heteroatoms. The number of hydrogen-bond acceptors (Lipinski definition) is 7. The van der Waals surface area contributed by atoms with Gasteiger partial charge in [0.2, 0.25) is 0 Å². The van der Waals surface area contributed by atoms with Crippen LogP contribution in [0.4, 0.5) is 5.69 Å². The summed E-state index contributed by atoms with van der Waals surface area (Å²) in [5.74, 6) is -2.09. The summed E-state index contributed by atoms with van der Waals surface area (Å²) in [5, 5.41) is 14.6. The van der Waals surface area contributed by atoms with Crippen LogP contribution in [-0.4, -0.2) is 49.1 Å². The predicted molar refractivity (Wildman–Crippen MR) is 119 cm³/mol. The molecule has 7 nitrogen and oxygen atoms in total. The average molecular weight is 441 g/mol. The molecule has 1 aliphatic rings. The monoisotopic (exact) mass is 440 g/mol. The Morgan fingerprint density at radius 2 is 1.71 bits per heavy atom. The number of aliphatic hydroxyl groups is 1. The maximum atomic E-state index is 12.2. The van der Waals surface area contributed by atoms with Gasteiger partial charge in [-0.25, -0.2) is 9.59 Å². The fourth-order valence-electron chi connectivity index (χ4n) is 3.09. The zero-order valence-corrected chi connectivity index (χ0v) is 17.7. The van der Waals surface area contributed by atoms with Crippen molar-refractivity contribution in [3.63, 3.8) is 0 Å². The van der Waals surface area contributed by atoms with Crippen LogP contribution in [0.5, 0.6) is 0 Å². The van der Waals surface area contributed by atoms with Crippen molar-refractivity contribution in [1.82, 2.24) is 0 Å². The number of carbonyl (C=O) groups excluding carboxylic acids is 2. The number of nitrogens with one attached hydrogen (secondary N) is 1. The van der Waals surface area contributed by atoms with Crippen molar-refractivity contribution >= 4 is 41.0 Å². The van der Waals surface area contributed by atoms with E-state index in [9.17, 15) is 14.7 Å². The van der Waals surface area contributed by atoms with Crippen LogP contribution in [-0.2, 0) is 19.1 Å². The molecule has 2 unspecified atom stereocenters. The highest BCUT2D eigenvalue weighted by atomic mass is 35.5. The zero-order valence-electron chi connectivity index (χ0n) is 16.9. The molecule has 0 amide bonds. The lowest BCUT2D eigenvalue weighted by Gasteiger charge is -2.21. The molecule has 0 saturated carbocycles. The molecule has 0 bridgehead atoms. The molecule has 0 spiro atoms. The third kappa shape index (κ3) is 5.13. The number of esters is 2. The topological polar surface area (TPSA) is 97.2 Å². The van der Waals surface area contributed by atoms with E-state index in [0.29, 0.717) is 10.7 Å². The Kier molecular flexibility index (Phi) is 7.10. The van der Waals surface area contributed by atoms with E-state index in [0.717, 1.165) is 12.7 Å². The summed E-state index contributed by atoms with van der Waals surface area (Å²) in [6.45, 7) is 0. The lowest BCUT2D eigenvalue weighted by atomic mass is 10.0. The van der Waals surface area contributed by atoms with Crippen LogP contribution in [0.3, 0.4) is 0 Å². The summed E-state index contributed by atoms with van der Waals surface area (Å²) < 4.78 is 9.44. The van der Waals surface area contributed by atoms with Crippen LogP contribution in [0.25, 0.3) is 6.08 Å². The largest absolute Gasteiger partial charge is 0.509 e. The van der Waals surface area contributed by atoms with Crippen LogP contribution < -0.4 is 5.32 Å². The van der Waals surface area contributed by atoms with Gasteiger partial charge in [-0.1, -0.05) is 54.1 Å². The van der Waals surface area contributed by atoms with E-state index in [2.05, 4.69) is 10.3 Å². The SMILES string of the molecule is COC(=O)C1=NC(C(/C=C/c2ccccc2)Nc2ccc(Cl)cc2)C(O)=C1C(=O)OC. The van der Waals surface area contributed by atoms with Crippen molar-refractivity contribution in [2.45, 2.75) is 12.1 Å². The third-order valence-electron chi connectivity index (χ3n) is 4.62. The molecule has 1 aliphatic heterocycles. The minimum absolute atomic E-state index is 0.284. The van der Waals surface area contributed by atoms with Gasteiger partial charge in [0.25, 0.3) is 0 Å². The predicted octanol–water partition coefficient (Wildman–Crippen LogP) is 3.82. The Labute approximate surface area is 184 Å². The highest BCUT2D eigenvalue weighted by molar-refractivity contribution is 6.50. The van der Waals surface area contributed by atoms with Gasteiger partial charge in [-0.05, 0) is 29.8 Å². The van der Waals surface area contributed by atoms with Gasteiger partial charge in [0.05, 0.1) is 20.3 Å². The van der Waals surface area contributed by atoms with Crippen molar-refractivity contribution in [3.05, 3.63) is 82.6 Å². The summed E-state index contributed by atoms with van der Waals surface area (Å²) in [6, 6.07) is 15.0. The number of halogens is 1. The lowest BCUT2D eigenvalue weighted by Crippen LogP contribution is -2.31. The normalized spacial score (nSPS) is 16.7. The first-order valence-electron chi connectivity index (χ1n) is 9.38. The van der Waals surface area contributed by atoms with Gasteiger partial charge in [0.1, 0.15) is 17.4 Å². The second kappa shape index (κ2) is 9.95. The Hall–Kier alpha value is -3.58. The second-order valence-electron chi connectivity index (χ2n) is 6.61. The van der Waals surface area contributed by atoms with E-state index in [-0.39, 0.29) is 17.0 Å². The number of nitrogens with zero attached hydrogens (tertiary/aromatic N) is 1. The summed E-state index contributed by atoms with van der Waals surface area (Å²) in [6.07, 6.45) is 3.65. The molecule has 2 aromatic rings. The summed E-state index contributed by atoms with van der Waals surface area (Å²) >= 11 is 5.97. The first kappa shape index (κ1) is 22.1. The number of benzene rings is 2. The van der Waals surface area contributed by atoms with Gasteiger partial charge in [0.15, 0.2) is 5.71 Å². The minimum Gasteiger partial charge on any atom is -0.509 e. The maximum Gasteiger partial charge on any atom is 0.357 e. The number of carbonyl (C=O) groups is 2. The number of anilines is 1. The molecule has 1 heterocycles. The van der Waals surface area contributed by atoms with E-state index < -0.39 is 24.0 Å². The van der Waals surface area contributed by atoms with Crippen molar-refractivity contribution in [2.24, 2.45) is 4.99 Å². The molecular weight excluding hydrogens is 420 g/mol. The summed E-state index contributed by atoms with van der Waals surface area (Å²) in [5.41, 5.74) is 1.04. The van der Waals surface area contributed by atoms with E-state index in [1.54, 1.807) is 30.3 Å². The Morgan fingerprint density at radius 3 is 2.32 bits per heavy atom. The molecular formula is C23H21ClN2O5. The van der Waals surface area contributed by atoms with Gasteiger partial charge in [-0.2, -0.15) is 0 Å². The molecule has 3 rings (SSSR count). The van der Waals surface area contributed by atoms with Crippen LogP contribution in [0.15, 0.2) is 77.0 Å². The number of ether oxygens (including phenoxy) is 2. The molecule has 31 heavy (non-hydrogen) atoms. The first-order chi connectivity index (χ1) is 14.9. The standard InChI is InChI=1S/C23H21ClN2O5/c1-30-22(28)18-20(23(29)31-2)26-19(21(18)27)17(13-8-14-6-4-3-5-7-14)25-16-11-9-15(24)10-12-16/h3-13,17,19,25,27H,1-2H3/b13-8+. The molecule has 2 aromatic carbocycles. The number of methoxy groups -OCH3 is 2. The molecule has 0 fully saturated rings. The van der Waals surface area contributed by atoms with E-state index >= 15 is 0 Å². The van der Waals surface area contributed by atoms with Crippen LogP contribution in [0, 0.1) is 0 Å².